The molecule has 10 heteroatoms. The summed E-state index contributed by atoms with van der Waals surface area (Å²) in [5.41, 5.74) is 6.38. The minimum absolute atomic E-state index is 0.140. The van der Waals surface area contributed by atoms with Crippen molar-refractivity contribution in [1.29, 1.82) is 0 Å². The van der Waals surface area contributed by atoms with Crippen LogP contribution in [-0.4, -0.2) is 87.5 Å². The highest BCUT2D eigenvalue weighted by Crippen LogP contribution is 2.13. The van der Waals surface area contributed by atoms with Crippen LogP contribution in [0, 0.1) is 0 Å². The highest BCUT2D eigenvalue weighted by molar-refractivity contribution is 5.89. The quantitative estimate of drug-likeness (QED) is 0.617. The first-order valence-corrected chi connectivity index (χ1v) is 12.0. The number of piperazine rings is 1. The van der Waals surface area contributed by atoms with Gasteiger partial charge in [-0.15, -0.1) is 0 Å². The number of benzene rings is 1. The topological polar surface area (TPSA) is 117 Å². The summed E-state index contributed by atoms with van der Waals surface area (Å²) in [6.07, 6.45) is 2.53. The monoisotopic (exact) mass is 483 g/mol. The van der Waals surface area contributed by atoms with Gasteiger partial charge in [-0.2, -0.15) is 4.98 Å². The number of rotatable bonds is 7. The first-order chi connectivity index (χ1) is 16.5. The van der Waals surface area contributed by atoms with Gasteiger partial charge in [-0.3, -0.25) is 14.7 Å². The van der Waals surface area contributed by atoms with Crippen LogP contribution in [0.2, 0.25) is 0 Å². The maximum atomic E-state index is 12.6. The number of aromatic nitrogens is 2. The molecule has 0 spiro atoms. The predicted octanol–water partition coefficient (Wildman–Crippen LogP) is 1.53. The molecule has 2 aromatic rings. The van der Waals surface area contributed by atoms with Crippen molar-refractivity contribution in [3.8, 4) is 5.69 Å². The lowest BCUT2D eigenvalue weighted by Crippen LogP contribution is -2.58. The summed E-state index contributed by atoms with van der Waals surface area (Å²) in [5, 5.41) is 2.68. The van der Waals surface area contributed by atoms with Crippen LogP contribution in [0.3, 0.4) is 0 Å². The summed E-state index contributed by atoms with van der Waals surface area (Å²) in [6.45, 7) is 10.2. The Labute approximate surface area is 206 Å². The first-order valence-electron chi connectivity index (χ1n) is 12.0. The number of anilines is 1. The average molecular weight is 484 g/mol. The Morgan fingerprint density at radius 1 is 1.11 bits per heavy atom. The second kappa shape index (κ2) is 11.0. The second-order valence-electron chi connectivity index (χ2n) is 9.69. The molecule has 1 aromatic carbocycles. The van der Waals surface area contributed by atoms with Gasteiger partial charge in [0.25, 0.3) is 0 Å². The fraction of sp³-hybridized carbons (Fsp3) is 0.520. The summed E-state index contributed by atoms with van der Waals surface area (Å²) in [7, 11) is 2.11. The minimum atomic E-state index is -0.942. The number of carbonyl (C=O) groups excluding carboxylic acids is 2. The van der Waals surface area contributed by atoms with Crippen LogP contribution in [-0.2, 0) is 11.2 Å². The Kier molecular flexibility index (Phi) is 8.29. The van der Waals surface area contributed by atoms with E-state index in [1.807, 2.05) is 24.3 Å². The van der Waals surface area contributed by atoms with E-state index in [2.05, 4.69) is 36.1 Å². The molecule has 0 saturated carbocycles. The summed E-state index contributed by atoms with van der Waals surface area (Å²) in [4.78, 5) is 47.1. The van der Waals surface area contributed by atoms with Gasteiger partial charge in [-0.1, -0.05) is 19.1 Å². The van der Waals surface area contributed by atoms with Gasteiger partial charge < -0.3 is 20.4 Å². The molecule has 1 atom stereocenters. The van der Waals surface area contributed by atoms with E-state index in [0.717, 1.165) is 13.0 Å². The van der Waals surface area contributed by atoms with E-state index in [1.54, 1.807) is 35.9 Å². The maximum absolute atomic E-state index is 12.6. The average Bonchev–Trinajstić information content (AvgIpc) is 2.83. The van der Waals surface area contributed by atoms with Gasteiger partial charge in [0.05, 0.1) is 11.2 Å². The highest BCUT2D eigenvalue weighted by atomic mass is 16.2. The zero-order valence-electron chi connectivity index (χ0n) is 21.3. The molecule has 1 aliphatic rings. The zero-order chi connectivity index (χ0) is 25.8. The lowest BCUT2D eigenvalue weighted by molar-refractivity contribution is -0.137. The standard InChI is InChI=1S/C25H37N7O3/c1-6-29(5)18(2)17-19-7-9-20(10-8-19)32-12-11-21(28-24(32)35)27-23(34)31-15-13-30(14-16-31)22(33)25(3,4)26/h7-12,18H,6,13-17,26H2,1-5H3,(H,27,28,34,35). The molecule has 3 N–H and O–H groups in total. The van der Waals surface area contributed by atoms with Gasteiger partial charge in [0, 0.05) is 38.4 Å². The van der Waals surface area contributed by atoms with Crippen LogP contribution >= 0.6 is 0 Å². The molecular weight excluding hydrogens is 446 g/mol. The molecule has 0 radical (unpaired) electrons. The summed E-state index contributed by atoms with van der Waals surface area (Å²) in [5.74, 6) is 0.0459. The smallest absolute Gasteiger partial charge is 0.338 e. The largest absolute Gasteiger partial charge is 0.354 e. The number of nitrogens with one attached hydrogen (secondary N) is 1. The molecule has 0 bridgehead atoms. The number of nitrogens with zero attached hydrogens (tertiary/aromatic N) is 5. The summed E-state index contributed by atoms with van der Waals surface area (Å²) in [6, 6.07) is 9.51. The fourth-order valence-electron chi connectivity index (χ4n) is 3.98. The van der Waals surface area contributed by atoms with Crippen LogP contribution in [0.4, 0.5) is 10.6 Å². The van der Waals surface area contributed by atoms with Crippen molar-refractivity contribution in [2.24, 2.45) is 5.73 Å². The summed E-state index contributed by atoms with van der Waals surface area (Å²) < 4.78 is 1.44. The second-order valence-corrected chi connectivity index (χ2v) is 9.69. The third kappa shape index (κ3) is 6.67. The molecule has 1 saturated heterocycles. The van der Waals surface area contributed by atoms with Crippen molar-refractivity contribution in [2.45, 2.75) is 45.7 Å². The molecule has 1 aliphatic heterocycles. The molecular formula is C25H37N7O3. The van der Waals surface area contributed by atoms with E-state index in [0.29, 0.717) is 37.9 Å². The van der Waals surface area contributed by atoms with E-state index >= 15 is 0 Å². The molecule has 10 nitrogen and oxygen atoms in total. The Morgan fingerprint density at radius 3 is 2.26 bits per heavy atom. The number of urea groups is 1. The number of hydrogen-bond donors (Lipinski definition) is 2. The number of hydrogen-bond acceptors (Lipinski definition) is 6. The Bertz CT molecular complexity index is 1080. The Balaban J connectivity index is 1.59. The fourth-order valence-corrected chi connectivity index (χ4v) is 3.98. The number of likely N-dealkylation sites (N-methyl/N-ethyl adjacent to an activating group) is 1. The predicted molar refractivity (Wildman–Crippen MR) is 137 cm³/mol. The van der Waals surface area contributed by atoms with E-state index < -0.39 is 11.2 Å². The van der Waals surface area contributed by atoms with Gasteiger partial charge in [0.2, 0.25) is 5.91 Å². The molecule has 1 fully saturated rings. The molecule has 190 valence electrons. The third-order valence-electron chi connectivity index (χ3n) is 6.44. The van der Waals surface area contributed by atoms with E-state index in [9.17, 15) is 14.4 Å². The van der Waals surface area contributed by atoms with Crippen LogP contribution < -0.4 is 16.7 Å². The van der Waals surface area contributed by atoms with Crippen LogP contribution in [0.1, 0.15) is 33.3 Å². The Morgan fingerprint density at radius 2 is 1.71 bits per heavy atom. The number of amides is 3. The van der Waals surface area contributed by atoms with E-state index in [1.165, 1.54) is 10.1 Å². The maximum Gasteiger partial charge on any atom is 0.354 e. The van der Waals surface area contributed by atoms with Crippen molar-refractivity contribution in [1.82, 2.24) is 24.3 Å². The van der Waals surface area contributed by atoms with Crippen molar-refractivity contribution >= 4 is 17.8 Å². The summed E-state index contributed by atoms with van der Waals surface area (Å²) >= 11 is 0. The highest BCUT2D eigenvalue weighted by Gasteiger charge is 2.31. The van der Waals surface area contributed by atoms with Crippen LogP contribution in [0.15, 0.2) is 41.3 Å². The van der Waals surface area contributed by atoms with Gasteiger partial charge in [0.15, 0.2) is 0 Å². The lowest BCUT2D eigenvalue weighted by Gasteiger charge is -2.37. The molecule has 3 rings (SSSR count). The molecule has 35 heavy (non-hydrogen) atoms. The zero-order valence-corrected chi connectivity index (χ0v) is 21.3. The van der Waals surface area contributed by atoms with Crippen LogP contribution in [0.5, 0.6) is 0 Å². The van der Waals surface area contributed by atoms with E-state index in [4.69, 9.17) is 5.73 Å². The molecule has 2 heterocycles. The van der Waals surface area contributed by atoms with Crippen molar-refractivity contribution in [3.63, 3.8) is 0 Å². The first kappa shape index (κ1) is 26.4. The van der Waals surface area contributed by atoms with Gasteiger partial charge in [-0.25, -0.2) is 9.59 Å². The molecule has 0 aliphatic carbocycles. The SMILES string of the molecule is CCN(C)C(C)Cc1ccc(-n2ccc(NC(=O)N3CCN(C(=O)C(C)(C)N)CC3)nc2=O)cc1. The number of nitrogens with two attached hydrogens (primary N) is 1. The van der Waals surface area contributed by atoms with Gasteiger partial charge in [0.1, 0.15) is 5.82 Å². The molecule has 1 aromatic heterocycles. The van der Waals surface area contributed by atoms with Crippen molar-refractivity contribution in [3.05, 3.63) is 52.6 Å². The Hall–Kier alpha value is -3.24. The lowest BCUT2D eigenvalue weighted by atomic mass is 10.1. The van der Waals surface area contributed by atoms with E-state index in [-0.39, 0.29) is 17.8 Å². The minimum Gasteiger partial charge on any atom is -0.338 e. The number of carbonyl (C=O) groups is 2. The van der Waals surface area contributed by atoms with Crippen LogP contribution in [0.25, 0.3) is 5.69 Å². The molecule has 3 amide bonds. The normalized spacial score (nSPS) is 15.3. The van der Waals surface area contributed by atoms with Gasteiger partial charge >= 0.3 is 11.7 Å². The third-order valence-corrected chi connectivity index (χ3v) is 6.44. The van der Waals surface area contributed by atoms with Crippen molar-refractivity contribution < 1.29 is 9.59 Å². The molecule has 1 unspecified atom stereocenters. The van der Waals surface area contributed by atoms with Crippen molar-refractivity contribution in [2.75, 3.05) is 45.1 Å². The van der Waals surface area contributed by atoms with Gasteiger partial charge in [-0.05, 0) is 64.5 Å².